The number of piperidine rings is 1. The SMILES string of the molecule is CC1CC(N2CCCNC3(CCCC3)C2)CCN1C. The molecule has 3 fully saturated rings. The van der Waals surface area contributed by atoms with Crippen LogP contribution in [0.25, 0.3) is 0 Å². The molecule has 2 aliphatic heterocycles. The van der Waals surface area contributed by atoms with Crippen molar-refractivity contribution in [2.24, 2.45) is 0 Å². The molecule has 1 saturated carbocycles. The van der Waals surface area contributed by atoms with Gasteiger partial charge in [0.15, 0.2) is 0 Å². The standard InChI is InChI=1S/C16H31N3/c1-14-12-15(6-11-18(14)2)19-10-5-9-17-16(13-19)7-3-4-8-16/h14-15,17H,3-13H2,1-2H3. The summed E-state index contributed by atoms with van der Waals surface area (Å²) in [6, 6.07) is 1.60. The summed E-state index contributed by atoms with van der Waals surface area (Å²) in [7, 11) is 2.28. The molecule has 2 heterocycles. The van der Waals surface area contributed by atoms with E-state index in [1.165, 1.54) is 71.1 Å². The molecule has 110 valence electrons. The monoisotopic (exact) mass is 265 g/mol. The van der Waals surface area contributed by atoms with E-state index in [9.17, 15) is 0 Å². The Labute approximate surface area is 118 Å². The fourth-order valence-electron chi connectivity index (χ4n) is 4.45. The lowest BCUT2D eigenvalue weighted by Crippen LogP contribution is -2.54. The van der Waals surface area contributed by atoms with Crippen LogP contribution in [0.3, 0.4) is 0 Å². The van der Waals surface area contributed by atoms with Crippen LogP contribution >= 0.6 is 0 Å². The van der Waals surface area contributed by atoms with E-state index in [-0.39, 0.29) is 0 Å². The van der Waals surface area contributed by atoms with Crippen molar-refractivity contribution in [3.63, 3.8) is 0 Å². The minimum atomic E-state index is 0.475. The summed E-state index contributed by atoms with van der Waals surface area (Å²) in [5, 5.41) is 3.89. The van der Waals surface area contributed by atoms with Crippen LogP contribution in [0.2, 0.25) is 0 Å². The summed E-state index contributed by atoms with van der Waals surface area (Å²) < 4.78 is 0. The number of rotatable bonds is 1. The van der Waals surface area contributed by atoms with Gasteiger partial charge in [0.05, 0.1) is 0 Å². The van der Waals surface area contributed by atoms with E-state index in [1.54, 1.807) is 0 Å². The maximum Gasteiger partial charge on any atom is 0.0308 e. The molecule has 3 rings (SSSR count). The van der Waals surface area contributed by atoms with E-state index in [0.717, 1.165) is 12.1 Å². The van der Waals surface area contributed by atoms with Crippen molar-refractivity contribution in [3.05, 3.63) is 0 Å². The van der Waals surface area contributed by atoms with Gasteiger partial charge in [-0.25, -0.2) is 0 Å². The van der Waals surface area contributed by atoms with Gasteiger partial charge in [-0.1, -0.05) is 12.8 Å². The molecular weight excluding hydrogens is 234 g/mol. The summed E-state index contributed by atoms with van der Waals surface area (Å²) in [4.78, 5) is 5.37. The van der Waals surface area contributed by atoms with E-state index >= 15 is 0 Å². The molecule has 0 aromatic heterocycles. The summed E-state index contributed by atoms with van der Waals surface area (Å²) in [6.07, 6.45) is 9.76. The van der Waals surface area contributed by atoms with Crippen LogP contribution in [0.1, 0.15) is 51.9 Å². The lowest BCUT2D eigenvalue weighted by Gasteiger charge is -2.43. The highest BCUT2D eigenvalue weighted by atomic mass is 15.2. The number of hydrogen-bond acceptors (Lipinski definition) is 3. The Balaban J connectivity index is 1.66. The Hall–Kier alpha value is -0.120. The second-order valence-electron chi connectivity index (χ2n) is 7.25. The van der Waals surface area contributed by atoms with Crippen molar-refractivity contribution in [1.29, 1.82) is 0 Å². The molecule has 0 aromatic carbocycles. The fraction of sp³-hybridized carbons (Fsp3) is 1.00. The molecule has 3 nitrogen and oxygen atoms in total. The zero-order chi connectivity index (χ0) is 13.3. The molecule has 2 saturated heterocycles. The van der Waals surface area contributed by atoms with Crippen molar-refractivity contribution >= 4 is 0 Å². The fourth-order valence-corrected chi connectivity index (χ4v) is 4.45. The second-order valence-corrected chi connectivity index (χ2v) is 7.25. The van der Waals surface area contributed by atoms with Gasteiger partial charge in [-0.05, 0) is 65.7 Å². The van der Waals surface area contributed by atoms with Gasteiger partial charge in [0.1, 0.15) is 0 Å². The number of nitrogens with one attached hydrogen (secondary N) is 1. The molecule has 0 bridgehead atoms. The number of nitrogens with zero attached hydrogens (tertiary/aromatic N) is 2. The first kappa shape index (κ1) is 13.8. The summed E-state index contributed by atoms with van der Waals surface area (Å²) in [5.74, 6) is 0. The second kappa shape index (κ2) is 5.71. The van der Waals surface area contributed by atoms with E-state index in [1.807, 2.05) is 0 Å². The van der Waals surface area contributed by atoms with Gasteiger partial charge < -0.3 is 10.2 Å². The minimum absolute atomic E-state index is 0.475. The Bertz CT molecular complexity index is 298. The maximum atomic E-state index is 3.89. The first-order chi connectivity index (χ1) is 9.19. The Morgan fingerprint density at radius 2 is 1.89 bits per heavy atom. The van der Waals surface area contributed by atoms with Gasteiger partial charge in [-0.3, -0.25) is 4.90 Å². The highest BCUT2D eigenvalue weighted by Gasteiger charge is 2.39. The lowest BCUT2D eigenvalue weighted by atomic mass is 9.93. The maximum absolute atomic E-state index is 3.89. The summed E-state index contributed by atoms with van der Waals surface area (Å²) >= 11 is 0. The van der Waals surface area contributed by atoms with Crippen molar-refractivity contribution in [2.45, 2.75) is 69.5 Å². The van der Waals surface area contributed by atoms with Crippen LogP contribution in [0.15, 0.2) is 0 Å². The molecule has 2 unspecified atom stereocenters. The predicted octanol–water partition coefficient (Wildman–Crippen LogP) is 2.08. The van der Waals surface area contributed by atoms with Gasteiger partial charge in [0.25, 0.3) is 0 Å². The van der Waals surface area contributed by atoms with Gasteiger partial charge in [-0.2, -0.15) is 0 Å². The highest BCUT2D eigenvalue weighted by Crippen LogP contribution is 2.33. The average Bonchev–Trinajstić information content (AvgIpc) is 2.74. The summed E-state index contributed by atoms with van der Waals surface area (Å²) in [6.45, 7) is 7.54. The first-order valence-corrected chi connectivity index (χ1v) is 8.38. The van der Waals surface area contributed by atoms with Crippen LogP contribution < -0.4 is 5.32 Å². The van der Waals surface area contributed by atoms with Gasteiger partial charge in [-0.15, -0.1) is 0 Å². The van der Waals surface area contributed by atoms with Crippen LogP contribution in [0, 0.1) is 0 Å². The minimum Gasteiger partial charge on any atom is -0.310 e. The normalized spacial score (nSPS) is 37.6. The summed E-state index contributed by atoms with van der Waals surface area (Å²) in [5.41, 5.74) is 0.475. The molecule has 1 aliphatic carbocycles. The van der Waals surface area contributed by atoms with Crippen LogP contribution in [0.4, 0.5) is 0 Å². The zero-order valence-electron chi connectivity index (χ0n) is 12.8. The van der Waals surface area contributed by atoms with Gasteiger partial charge >= 0.3 is 0 Å². The van der Waals surface area contributed by atoms with E-state index in [0.29, 0.717) is 5.54 Å². The van der Waals surface area contributed by atoms with Gasteiger partial charge in [0.2, 0.25) is 0 Å². The van der Waals surface area contributed by atoms with Crippen molar-refractivity contribution in [3.8, 4) is 0 Å². The average molecular weight is 265 g/mol. The molecule has 19 heavy (non-hydrogen) atoms. The Morgan fingerprint density at radius 1 is 1.11 bits per heavy atom. The molecule has 2 atom stereocenters. The Morgan fingerprint density at radius 3 is 2.63 bits per heavy atom. The van der Waals surface area contributed by atoms with Crippen LogP contribution in [0.5, 0.6) is 0 Å². The molecule has 1 N–H and O–H groups in total. The molecule has 0 radical (unpaired) electrons. The van der Waals surface area contributed by atoms with Crippen LogP contribution in [-0.4, -0.2) is 60.6 Å². The van der Waals surface area contributed by atoms with Crippen molar-refractivity contribution in [1.82, 2.24) is 15.1 Å². The molecule has 0 amide bonds. The zero-order valence-corrected chi connectivity index (χ0v) is 12.8. The molecular formula is C16H31N3. The molecule has 3 aliphatic rings. The molecule has 1 spiro atoms. The number of likely N-dealkylation sites (tertiary alicyclic amines) is 1. The van der Waals surface area contributed by atoms with E-state index < -0.39 is 0 Å². The van der Waals surface area contributed by atoms with Crippen LogP contribution in [-0.2, 0) is 0 Å². The third-order valence-corrected chi connectivity index (χ3v) is 5.89. The topological polar surface area (TPSA) is 18.5 Å². The number of hydrogen-bond donors (Lipinski definition) is 1. The first-order valence-electron chi connectivity index (χ1n) is 8.38. The smallest absolute Gasteiger partial charge is 0.0308 e. The van der Waals surface area contributed by atoms with Crippen molar-refractivity contribution < 1.29 is 0 Å². The van der Waals surface area contributed by atoms with Crippen molar-refractivity contribution in [2.75, 3.05) is 33.2 Å². The van der Waals surface area contributed by atoms with E-state index in [4.69, 9.17) is 0 Å². The third kappa shape index (κ3) is 2.98. The Kier molecular flexibility index (Phi) is 4.16. The molecule has 0 aromatic rings. The lowest BCUT2D eigenvalue weighted by molar-refractivity contribution is 0.0745. The third-order valence-electron chi connectivity index (χ3n) is 5.89. The van der Waals surface area contributed by atoms with Gasteiger partial charge in [0, 0.05) is 24.2 Å². The quantitative estimate of drug-likeness (QED) is 0.783. The molecule has 3 heteroatoms. The van der Waals surface area contributed by atoms with E-state index in [2.05, 4.69) is 29.1 Å². The predicted molar refractivity (Wildman–Crippen MR) is 80.5 cm³/mol. The highest BCUT2D eigenvalue weighted by molar-refractivity contribution is 4.98. The largest absolute Gasteiger partial charge is 0.310 e.